The number of nitrogens with one attached hydrogen (secondary N) is 2. The summed E-state index contributed by atoms with van der Waals surface area (Å²) in [5.41, 5.74) is 1.25. The van der Waals surface area contributed by atoms with E-state index in [1.54, 1.807) is 30.3 Å². The number of benzene rings is 2. The summed E-state index contributed by atoms with van der Waals surface area (Å²) in [5, 5.41) is 12.9. The highest BCUT2D eigenvalue weighted by molar-refractivity contribution is 7.92. The molecule has 1 aliphatic carbocycles. The van der Waals surface area contributed by atoms with Crippen LogP contribution in [0.3, 0.4) is 0 Å². The van der Waals surface area contributed by atoms with Gasteiger partial charge in [0.15, 0.2) is 0 Å². The number of amides is 1. The molecule has 35 heavy (non-hydrogen) atoms. The Hall–Kier alpha value is -2.82. The highest BCUT2D eigenvalue weighted by atomic mass is 32.2. The molecule has 2 heterocycles. The van der Waals surface area contributed by atoms with E-state index in [0.717, 1.165) is 18.4 Å². The quantitative estimate of drug-likeness (QED) is 0.481. The zero-order valence-electron chi connectivity index (χ0n) is 19.5. The molecule has 4 atom stereocenters. The Morgan fingerprint density at radius 2 is 1.94 bits per heavy atom. The van der Waals surface area contributed by atoms with Crippen molar-refractivity contribution in [1.82, 2.24) is 5.32 Å². The average molecular weight is 503 g/mol. The highest BCUT2D eigenvalue weighted by Crippen LogP contribution is 2.47. The van der Waals surface area contributed by atoms with E-state index in [-0.39, 0.29) is 35.9 Å². The minimum absolute atomic E-state index is 0.0582. The van der Waals surface area contributed by atoms with Crippen LogP contribution in [0, 0.1) is 5.92 Å². The molecule has 2 aromatic carbocycles. The van der Waals surface area contributed by atoms with E-state index in [9.17, 15) is 18.3 Å². The van der Waals surface area contributed by atoms with Gasteiger partial charge < -0.3 is 24.6 Å². The van der Waals surface area contributed by atoms with Gasteiger partial charge in [0.1, 0.15) is 23.7 Å². The molecule has 188 valence electrons. The van der Waals surface area contributed by atoms with E-state index in [1.165, 1.54) is 19.2 Å². The third-order valence-corrected chi connectivity index (χ3v) is 8.22. The zero-order valence-corrected chi connectivity index (χ0v) is 20.3. The van der Waals surface area contributed by atoms with Crippen LogP contribution in [0.2, 0.25) is 0 Å². The first-order valence-corrected chi connectivity index (χ1v) is 13.3. The number of aliphatic hydroxyl groups is 1. The Morgan fingerprint density at radius 1 is 1.17 bits per heavy atom. The first-order valence-electron chi connectivity index (χ1n) is 11.9. The number of anilines is 1. The van der Waals surface area contributed by atoms with Gasteiger partial charge in [0.25, 0.3) is 10.0 Å². The summed E-state index contributed by atoms with van der Waals surface area (Å²) in [6.45, 7) is 0.469. The monoisotopic (exact) mass is 502 g/mol. The summed E-state index contributed by atoms with van der Waals surface area (Å²) in [4.78, 5) is 12.5. The number of methoxy groups -OCH3 is 1. The molecular formula is C25H30N2O7S. The van der Waals surface area contributed by atoms with Crippen molar-refractivity contribution in [3.05, 3.63) is 48.0 Å². The fraction of sp³-hybridized carbons (Fsp3) is 0.480. The number of ether oxygens (including phenoxy) is 3. The maximum atomic E-state index is 12.9. The van der Waals surface area contributed by atoms with E-state index in [1.807, 2.05) is 0 Å². The number of fused-ring (bicyclic) bond motifs is 3. The summed E-state index contributed by atoms with van der Waals surface area (Å²) >= 11 is 0. The molecular weight excluding hydrogens is 472 g/mol. The number of aliphatic hydroxyl groups excluding tert-OH is 1. The largest absolute Gasteiger partial charge is 0.497 e. The Labute approximate surface area is 204 Å². The molecule has 3 aliphatic rings. The summed E-state index contributed by atoms with van der Waals surface area (Å²) in [7, 11) is -2.28. The van der Waals surface area contributed by atoms with Crippen LogP contribution in [-0.4, -0.2) is 58.0 Å². The smallest absolute Gasteiger partial charge is 0.261 e. The maximum Gasteiger partial charge on any atom is 0.261 e. The normalized spacial score (nSPS) is 25.2. The number of hydrogen-bond donors (Lipinski definition) is 3. The number of carbonyl (C=O) groups excluding carboxylic acids is 1. The minimum atomic E-state index is -3.80. The molecule has 10 heteroatoms. The lowest BCUT2D eigenvalue weighted by Crippen LogP contribution is -2.47. The van der Waals surface area contributed by atoms with Crippen molar-refractivity contribution in [1.29, 1.82) is 0 Å². The van der Waals surface area contributed by atoms with Crippen molar-refractivity contribution >= 4 is 21.6 Å². The van der Waals surface area contributed by atoms with Crippen LogP contribution in [0.4, 0.5) is 5.69 Å². The van der Waals surface area contributed by atoms with Crippen molar-refractivity contribution in [2.24, 2.45) is 5.92 Å². The second-order valence-corrected chi connectivity index (χ2v) is 11.1. The van der Waals surface area contributed by atoms with Crippen LogP contribution in [0.25, 0.3) is 0 Å². The standard InChI is InChI=1S/C25H30N2O7S/c1-32-17-5-7-19(8-6-17)35(30,31)27-16-4-9-22-20(10-16)21-11-18(33-23(14-28)25(21)34-22)12-24(29)26-13-15-2-3-15/h4-10,15,18,21,23,25,27-28H,2-3,11-14H2,1H3,(H,26,29)/t18-,21+,23+,25-/m0/s1. The second kappa shape index (κ2) is 9.67. The Kier molecular flexibility index (Phi) is 6.61. The lowest BCUT2D eigenvalue weighted by Gasteiger charge is -2.37. The van der Waals surface area contributed by atoms with Gasteiger partial charge >= 0.3 is 0 Å². The van der Waals surface area contributed by atoms with Crippen LogP contribution < -0.4 is 19.5 Å². The van der Waals surface area contributed by atoms with Gasteiger partial charge in [-0.2, -0.15) is 0 Å². The fourth-order valence-electron chi connectivity index (χ4n) is 4.78. The highest BCUT2D eigenvalue weighted by Gasteiger charge is 2.46. The lowest BCUT2D eigenvalue weighted by atomic mass is 9.84. The van der Waals surface area contributed by atoms with Crippen LogP contribution >= 0.6 is 0 Å². The van der Waals surface area contributed by atoms with Gasteiger partial charge in [-0.3, -0.25) is 9.52 Å². The number of sulfonamides is 1. The molecule has 9 nitrogen and oxygen atoms in total. The molecule has 2 aromatic rings. The van der Waals surface area contributed by atoms with Crippen LogP contribution in [-0.2, 0) is 19.6 Å². The van der Waals surface area contributed by atoms with Gasteiger partial charge in [-0.25, -0.2) is 8.42 Å². The van der Waals surface area contributed by atoms with Crippen LogP contribution in [0.1, 0.15) is 37.2 Å². The predicted octanol–water partition coefficient (Wildman–Crippen LogP) is 2.41. The van der Waals surface area contributed by atoms with E-state index >= 15 is 0 Å². The van der Waals surface area contributed by atoms with Gasteiger partial charge in [-0.1, -0.05) is 0 Å². The molecule has 5 rings (SSSR count). The van der Waals surface area contributed by atoms with Gasteiger partial charge in [0, 0.05) is 23.7 Å². The van der Waals surface area contributed by atoms with Crippen molar-refractivity contribution in [3.8, 4) is 11.5 Å². The van der Waals surface area contributed by atoms with E-state index in [2.05, 4.69) is 10.0 Å². The number of carbonyl (C=O) groups is 1. The maximum absolute atomic E-state index is 12.9. The Morgan fingerprint density at radius 3 is 2.63 bits per heavy atom. The summed E-state index contributed by atoms with van der Waals surface area (Å²) in [6.07, 6.45) is 1.76. The molecule has 2 fully saturated rings. The third-order valence-electron chi connectivity index (χ3n) is 6.82. The fourth-order valence-corrected chi connectivity index (χ4v) is 5.83. The zero-order chi connectivity index (χ0) is 24.6. The molecule has 0 radical (unpaired) electrons. The molecule has 1 saturated heterocycles. The molecule has 0 bridgehead atoms. The van der Waals surface area contributed by atoms with Gasteiger partial charge in [0.2, 0.25) is 5.91 Å². The predicted molar refractivity (Wildman–Crippen MR) is 128 cm³/mol. The minimum Gasteiger partial charge on any atom is -0.497 e. The average Bonchev–Trinajstić information content (AvgIpc) is 3.62. The third kappa shape index (κ3) is 5.24. The first kappa shape index (κ1) is 23.9. The number of hydrogen-bond acceptors (Lipinski definition) is 7. The van der Waals surface area contributed by atoms with E-state index < -0.39 is 22.2 Å². The van der Waals surface area contributed by atoms with Crippen molar-refractivity contribution in [2.45, 2.75) is 54.8 Å². The van der Waals surface area contributed by atoms with Crippen molar-refractivity contribution < 1.29 is 32.5 Å². The van der Waals surface area contributed by atoms with E-state index in [0.29, 0.717) is 36.1 Å². The molecule has 1 amide bonds. The molecule has 2 aliphatic heterocycles. The lowest BCUT2D eigenvalue weighted by molar-refractivity contribution is -0.142. The van der Waals surface area contributed by atoms with Crippen molar-refractivity contribution in [2.75, 3.05) is 25.0 Å². The summed E-state index contributed by atoms with van der Waals surface area (Å²) in [5.74, 6) is 1.61. The summed E-state index contributed by atoms with van der Waals surface area (Å²) < 4.78 is 45.6. The van der Waals surface area contributed by atoms with Crippen LogP contribution in [0.15, 0.2) is 47.4 Å². The molecule has 0 spiro atoms. The first-order chi connectivity index (χ1) is 16.9. The SMILES string of the molecule is COc1ccc(S(=O)(=O)Nc2ccc3c(c2)[C@H]2C[C@@H](CC(=O)NCC4CC4)O[C@H](CO)[C@H]2O3)cc1. The van der Waals surface area contributed by atoms with Gasteiger partial charge in [-0.15, -0.1) is 0 Å². The van der Waals surface area contributed by atoms with Gasteiger partial charge in [0.05, 0.1) is 31.1 Å². The van der Waals surface area contributed by atoms with Crippen molar-refractivity contribution in [3.63, 3.8) is 0 Å². The van der Waals surface area contributed by atoms with Gasteiger partial charge in [-0.05, 0) is 67.6 Å². The Balaban J connectivity index is 1.31. The Bertz CT molecular complexity index is 1180. The molecule has 0 unspecified atom stereocenters. The molecule has 0 aromatic heterocycles. The molecule has 3 N–H and O–H groups in total. The van der Waals surface area contributed by atoms with Crippen LogP contribution in [0.5, 0.6) is 11.5 Å². The molecule has 1 saturated carbocycles. The topological polar surface area (TPSA) is 123 Å². The number of rotatable bonds is 9. The second-order valence-electron chi connectivity index (χ2n) is 9.39. The summed E-state index contributed by atoms with van der Waals surface area (Å²) in [6, 6.07) is 11.3. The van der Waals surface area contributed by atoms with E-state index in [4.69, 9.17) is 14.2 Å².